The molecule has 6 heteroatoms. The van der Waals surface area contributed by atoms with Gasteiger partial charge >= 0.3 is 0 Å². The van der Waals surface area contributed by atoms with Gasteiger partial charge < -0.3 is 15.4 Å². The van der Waals surface area contributed by atoms with E-state index in [0.29, 0.717) is 17.7 Å². The fraction of sp³-hybridized carbons (Fsp3) is 0.353. The summed E-state index contributed by atoms with van der Waals surface area (Å²) in [5.41, 5.74) is 1.44. The van der Waals surface area contributed by atoms with Gasteiger partial charge in [0.2, 0.25) is 11.8 Å². The van der Waals surface area contributed by atoms with Crippen LogP contribution in [0.1, 0.15) is 37.8 Å². The third-order valence-electron chi connectivity index (χ3n) is 4.36. The zero-order chi connectivity index (χ0) is 15.6. The molecule has 6 nitrogen and oxygen atoms in total. The van der Waals surface area contributed by atoms with E-state index in [9.17, 15) is 5.11 Å². The molecule has 0 spiro atoms. The number of H-pyrrole nitrogens is 1. The molecule has 118 valence electrons. The van der Waals surface area contributed by atoms with Gasteiger partial charge in [-0.1, -0.05) is 25.3 Å². The van der Waals surface area contributed by atoms with Gasteiger partial charge in [0.15, 0.2) is 0 Å². The minimum Gasteiger partial charge on any atom is -0.492 e. The summed E-state index contributed by atoms with van der Waals surface area (Å²) >= 11 is 0. The molecule has 0 bridgehead atoms. The molecule has 2 heterocycles. The third kappa shape index (κ3) is 2.97. The summed E-state index contributed by atoms with van der Waals surface area (Å²) in [6.45, 7) is 0. The molecule has 1 aromatic carbocycles. The van der Waals surface area contributed by atoms with Gasteiger partial charge in [0.1, 0.15) is 12.0 Å². The summed E-state index contributed by atoms with van der Waals surface area (Å²) in [5, 5.41) is 15.3. The van der Waals surface area contributed by atoms with Crippen LogP contribution >= 0.6 is 0 Å². The summed E-state index contributed by atoms with van der Waals surface area (Å²) in [5.74, 6) is 0.645. The molecule has 3 N–H and O–H groups in total. The van der Waals surface area contributed by atoms with Crippen LogP contribution in [0.25, 0.3) is 6.08 Å². The summed E-state index contributed by atoms with van der Waals surface area (Å²) in [7, 11) is 0. The van der Waals surface area contributed by atoms with Crippen LogP contribution < -0.4 is 15.9 Å². The zero-order valence-corrected chi connectivity index (χ0v) is 12.8. The lowest BCUT2D eigenvalue weighted by atomic mass is 9.96. The van der Waals surface area contributed by atoms with Gasteiger partial charge in [-0.05, 0) is 36.3 Å². The van der Waals surface area contributed by atoms with Gasteiger partial charge in [0.25, 0.3) is 0 Å². The third-order valence-corrected chi connectivity index (χ3v) is 4.36. The van der Waals surface area contributed by atoms with E-state index < -0.39 is 0 Å². The van der Waals surface area contributed by atoms with Gasteiger partial charge in [0.05, 0.1) is 11.0 Å². The lowest BCUT2D eigenvalue weighted by molar-refractivity contribution is 0.452. The number of benzene rings is 1. The van der Waals surface area contributed by atoms with Gasteiger partial charge in [-0.2, -0.15) is 4.98 Å². The highest BCUT2D eigenvalue weighted by atomic mass is 16.3. The first-order chi connectivity index (χ1) is 11.3. The van der Waals surface area contributed by atoms with Crippen LogP contribution in [0.4, 0.5) is 11.6 Å². The average Bonchev–Trinajstić information content (AvgIpc) is 3.15. The number of hydrogen-bond donors (Lipinski definition) is 3. The molecule has 0 atom stereocenters. The van der Waals surface area contributed by atoms with Crippen molar-refractivity contribution in [1.29, 1.82) is 0 Å². The molecule has 2 aromatic rings. The topological polar surface area (TPSA) is 85.7 Å². The van der Waals surface area contributed by atoms with Crippen molar-refractivity contribution in [3.05, 3.63) is 34.5 Å². The summed E-state index contributed by atoms with van der Waals surface area (Å²) < 4.78 is 0. The predicted octanol–water partition coefficient (Wildman–Crippen LogP) is 1.98. The van der Waals surface area contributed by atoms with E-state index in [4.69, 9.17) is 0 Å². The fourth-order valence-electron chi connectivity index (χ4n) is 3.15. The Labute approximate surface area is 133 Å². The molecule has 1 aliphatic carbocycles. The summed E-state index contributed by atoms with van der Waals surface area (Å²) in [6, 6.07) is 6.25. The summed E-state index contributed by atoms with van der Waals surface area (Å²) in [6.07, 6.45) is 9.55. The van der Waals surface area contributed by atoms with E-state index in [1.165, 1.54) is 19.3 Å². The number of aromatic amines is 1. The quantitative estimate of drug-likeness (QED) is 0.810. The highest BCUT2D eigenvalue weighted by Crippen LogP contribution is 2.23. The van der Waals surface area contributed by atoms with Crippen LogP contribution in [0.5, 0.6) is 5.88 Å². The van der Waals surface area contributed by atoms with Crippen molar-refractivity contribution in [1.82, 2.24) is 9.97 Å². The molecule has 2 aliphatic rings. The number of aromatic nitrogens is 2. The van der Waals surface area contributed by atoms with E-state index >= 15 is 0 Å². The van der Waals surface area contributed by atoms with Crippen LogP contribution in [0.15, 0.2) is 28.2 Å². The van der Waals surface area contributed by atoms with Crippen molar-refractivity contribution in [2.24, 2.45) is 9.98 Å². The zero-order valence-electron chi connectivity index (χ0n) is 12.8. The largest absolute Gasteiger partial charge is 0.492 e. The van der Waals surface area contributed by atoms with E-state index in [1.54, 1.807) is 6.34 Å². The van der Waals surface area contributed by atoms with Gasteiger partial charge in [-0.15, -0.1) is 0 Å². The van der Waals surface area contributed by atoms with Gasteiger partial charge in [-0.25, -0.2) is 9.98 Å². The van der Waals surface area contributed by atoms with Gasteiger partial charge in [0, 0.05) is 6.04 Å². The molecule has 0 radical (unpaired) electrons. The Morgan fingerprint density at radius 2 is 2.09 bits per heavy atom. The highest BCUT2D eigenvalue weighted by Gasteiger charge is 2.15. The van der Waals surface area contributed by atoms with Crippen molar-refractivity contribution < 1.29 is 5.11 Å². The fourth-order valence-corrected chi connectivity index (χ4v) is 3.15. The Morgan fingerprint density at radius 3 is 2.96 bits per heavy atom. The average molecular weight is 309 g/mol. The second-order valence-corrected chi connectivity index (χ2v) is 6.07. The number of nitrogens with one attached hydrogen (secondary N) is 2. The number of aliphatic imine (C=N–C) groups is 1. The molecular formula is C17H19N5O. The van der Waals surface area contributed by atoms with Crippen LogP contribution in [0.2, 0.25) is 0 Å². The van der Waals surface area contributed by atoms with Crippen LogP contribution in [0, 0.1) is 0 Å². The van der Waals surface area contributed by atoms with E-state index in [1.807, 2.05) is 24.3 Å². The van der Waals surface area contributed by atoms with E-state index in [2.05, 4.69) is 25.3 Å². The van der Waals surface area contributed by atoms with Crippen molar-refractivity contribution in [3.63, 3.8) is 0 Å². The van der Waals surface area contributed by atoms with E-state index in [-0.39, 0.29) is 5.88 Å². The Morgan fingerprint density at radius 1 is 1.22 bits per heavy atom. The molecule has 1 saturated carbocycles. The first-order valence-corrected chi connectivity index (χ1v) is 8.05. The molecular weight excluding hydrogens is 290 g/mol. The first-order valence-electron chi connectivity index (χ1n) is 8.05. The smallest absolute Gasteiger partial charge is 0.238 e. The molecule has 23 heavy (non-hydrogen) atoms. The number of fused-ring (bicyclic) bond motifs is 1. The molecule has 0 amide bonds. The Hall–Kier alpha value is -2.63. The Bertz CT molecular complexity index is 862. The van der Waals surface area contributed by atoms with Crippen molar-refractivity contribution in [2.75, 3.05) is 5.32 Å². The molecule has 0 unspecified atom stereocenters. The number of aromatic hydroxyl groups is 1. The normalized spacial score (nSPS) is 18.0. The Kier molecular flexibility index (Phi) is 3.57. The first kappa shape index (κ1) is 14.0. The van der Waals surface area contributed by atoms with Crippen molar-refractivity contribution in [3.8, 4) is 5.88 Å². The van der Waals surface area contributed by atoms with Crippen LogP contribution in [-0.4, -0.2) is 27.5 Å². The SMILES string of the molecule is Oc1nc(NC2CCCCC2)[nH]c1C=c1ccc2c(c1)N=CN=2. The van der Waals surface area contributed by atoms with Crippen LogP contribution in [0.3, 0.4) is 0 Å². The van der Waals surface area contributed by atoms with E-state index in [0.717, 1.165) is 29.1 Å². The minimum atomic E-state index is 0.0111. The second-order valence-electron chi connectivity index (χ2n) is 6.07. The number of rotatable bonds is 3. The highest BCUT2D eigenvalue weighted by molar-refractivity contribution is 5.67. The Balaban J connectivity index is 1.58. The van der Waals surface area contributed by atoms with Crippen LogP contribution in [-0.2, 0) is 0 Å². The molecule has 1 aliphatic heterocycles. The monoisotopic (exact) mass is 309 g/mol. The maximum atomic E-state index is 10.1. The summed E-state index contributed by atoms with van der Waals surface area (Å²) in [4.78, 5) is 15.7. The number of nitrogens with zero attached hydrogens (tertiary/aromatic N) is 3. The molecule has 1 fully saturated rings. The van der Waals surface area contributed by atoms with Crippen molar-refractivity contribution in [2.45, 2.75) is 38.1 Å². The maximum Gasteiger partial charge on any atom is 0.238 e. The molecule has 0 saturated heterocycles. The van der Waals surface area contributed by atoms with Gasteiger partial charge in [-0.3, -0.25) is 0 Å². The maximum absolute atomic E-state index is 10.1. The standard InChI is InChI=1S/C17H19N5O/c23-16-15(9-11-6-7-13-14(8-11)19-10-18-13)21-17(22-16)20-12-4-2-1-3-5-12/h6-10,12,23H,1-5H2,(H2,20,21,22). The van der Waals surface area contributed by atoms with Crippen molar-refractivity contribution >= 4 is 24.1 Å². The minimum absolute atomic E-state index is 0.0111. The molecule has 1 aromatic heterocycles. The number of hydrogen-bond acceptors (Lipinski definition) is 5. The number of imidazole rings is 1. The lowest BCUT2D eigenvalue weighted by Gasteiger charge is -2.22. The molecule has 4 rings (SSSR count). The predicted molar refractivity (Wildman–Crippen MR) is 89.7 cm³/mol. The lowest BCUT2D eigenvalue weighted by Crippen LogP contribution is -2.22. The second kappa shape index (κ2) is 5.87. The number of anilines is 1.